The molecular weight excluding hydrogens is 683 g/mol. The van der Waals surface area contributed by atoms with Gasteiger partial charge < -0.3 is 29.3 Å². The number of hydrogen-bond donors (Lipinski definition) is 1. The Balaban J connectivity index is 1.42. The fourth-order valence-electron chi connectivity index (χ4n) is 5.93. The van der Waals surface area contributed by atoms with Crippen LogP contribution in [0.3, 0.4) is 0 Å². The molecule has 6 rings (SSSR count). The number of carbonyl (C=O) groups excluding carboxylic acids is 4. The van der Waals surface area contributed by atoms with E-state index in [1.807, 2.05) is 60.8 Å². The van der Waals surface area contributed by atoms with Gasteiger partial charge in [-0.2, -0.15) is 0 Å². The first kappa shape index (κ1) is 35.6. The van der Waals surface area contributed by atoms with E-state index in [1.165, 1.54) is 30.5 Å². The summed E-state index contributed by atoms with van der Waals surface area (Å²) >= 11 is 1.33. The van der Waals surface area contributed by atoms with Crippen LogP contribution in [0.4, 0.5) is 17.1 Å². The Morgan fingerprint density at radius 1 is 0.865 bits per heavy atom. The highest BCUT2D eigenvalue weighted by atomic mass is 32.1. The van der Waals surface area contributed by atoms with Gasteiger partial charge in [0.15, 0.2) is 11.5 Å². The van der Waals surface area contributed by atoms with Crippen LogP contribution in [0.5, 0.6) is 17.2 Å². The number of hydrogen-bond acceptors (Lipinski definition) is 10. The summed E-state index contributed by atoms with van der Waals surface area (Å²) in [7, 11) is 8.41. The molecule has 12 nitrogen and oxygen atoms in total. The van der Waals surface area contributed by atoms with Gasteiger partial charge in [-0.3, -0.25) is 24.1 Å². The highest BCUT2D eigenvalue weighted by Crippen LogP contribution is 2.36. The van der Waals surface area contributed by atoms with Crippen molar-refractivity contribution in [3.05, 3.63) is 113 Å². The van der Waals surface area contributed by atoms with Crippen LogP contribution >= 0.6 is 11.3 Å². The molecule has 2 heterocycles. The Morgan fingerprint density at radius 3 is 2.25 bits per heavy atom. The van der Waals surface area contributed by atoms with Crippen molar-refractivity contribution in [2.75, 3.05) is 57.1 Å². The maximum absolute atomic E-state index is 14.6. The molecule has 0 spiro atoms. The van der Waals surface area contributed by atoms with Crippen LogP contribution in [-0.4, -0.2) is 75.4 Å². The zero-order valence-electron chi connectivity index (χ0n) is 29.3. The third kappa shape index (κ3) is 7.30. The molecule has 3 amide bonds. The molecule has 0 saturated carbocycles. The lowest BCUT2D eigenvalue weighted by Crippen LogP contribution is -2.46. The number of rotatable bonds is 13. The molecule has 0 aliphatic carbocycles. The van der Waals surface area contributed by atoms with E-state index in [0.717, 1.165) is 16.2 Å². The number of para-hydroxylation sites is 1. The average molecular weight is 720 g/mol. The largest absolute Gasteiger partial charge is 0.497 e. The highest BCUT2D eigenvalue weighted by molar-refractivity contribution is 7.09. The van der Waals surface area contributed by atoms with Crippen molar-refractivity contribution >= 4 is 51.9 Å². The van der Waals surface area contributed by atoms with Gasteiger partial charge in [-0.25, -0.2) is 4.98 Å². The summed E-state index contributed by atoms with van der Waals surface area (Å²) in [6.07, 6.45) is 0. The lowest BCUT2D eigenvalue weighted by Gasteiger charge is -2.32. The number of anilines is 3. The van der Waals surface area contributed by atoms with Crippen LogP contribution in [0.25, 0.3) is 11.3 Å². The normalized spacial score (nSPS) is 12.6. The van der Waals surface area contributed by atoms with Gasteiger partial charge in [0.05, 0.1) is 44.8 Å². The number of amides is 3. The topological polar surface area (TPSA) is 131 Å². The Morgan fingerprint density at radius 2 is 1.58 bits per heavy atom. The van der Waals surface area contributed by atoms with Gasteiger partial charge >= 0.3 is 0 Å². The van der Waals surface area contributed by atoms with Gasteiger partial charge in [-0.05, 0) is 78.4 Å². The lowest BCUT2D eigenvalue weighted by atomic mass is 10.0. The quantitative estimate of drug-likeness (QED) is 0.149. The standard InChI is InChI=1S/C39H37N5O7S/c1-42(2)27-15-13-26(14-16-27)40-38(47)36(25-12-19-32(50-4)33(20-25)51-5)44(21-34-41-30(23-52-34)24-10-17-28(49-3)18-11-24)35(45)22-43-31-9-7-6-8-29(31)37(46)39(43)48/h6-20,23,36H,21-22H2,1-5H3,(H,40,47). The van der Waals surface area contributed by atoms with Crippen LogP contribution < -0.4 is 29.3 Å². The maximum atomic E-state index is 14.6. The lowest BCUT2D eigenvalue weighted by molar-refractivity contribution is -0.139. The number of Topliss-reactive ketones (excluding diaryl/α,β-unsaturated/α-hetero) is 1. The molecule has 52 heavy (non-hydrogen) atoms. The monoisotopic (exact) mass is 719 g/mol. The van der Waals surface area contributed by atoms with E-state index in [1.54, 1.807) is 61.7 Å². The fourth-order valence-corrected chi connectivity index (χ4v) is 6.73. The Bertz CT molecular complexity index is 2110. The van der Waals surface area contributed by atoms with Gasteiger partial charge in [-0.1, -0.05) is 18.2 Å². The summed E-state index contributed by atoms with van der Waals surface area (Å²) in [6.45, 7) is -0.587. The summed E-state index contributed by atoms with van der Waals surface area (Å²) in [6, 6.07) is 25.0. The van der Waals surface area contributed by atoms with E-state index >= 15 is 0 Å². The van der Waals surface area contributed by atoms with Crippen molar-refractivity contribution < 1.29 is 33.4 Å². The maximum Gasteiger partial charge on any atom is 0.299 e. The molecular formula is C39H37N5O7S. The summed E-state index contributed by atoms with van der Waals surface area (Å²) in [5.74, 6) is -1.14. The van der Waals surface area contributed by atoms with Crippen LogP contribution in [0, 0.1) is 0 Å². The summed E-state index contributed by atoms with van der Waals surface area (Å²) in [5, 5.41) is 5.38. The number of nitrogens with one attached hydrogen (secondary N) is 1. The molecule has 5 aromatic rings. The number of nitrogens with zero attached hydrogens (tertiary/aromatic N) is 4. The summed E-state index contributed by atoms with van der Waals surface area (Å²) < 4.78 is 16.3. The summed E-state index contributed by atoms with van der Waals surface area (Å²) in [5.41, 5.74) is 3.93. The van der Waals surface area contributed by atoms with E-state index in [0.29, 0.717) is 44.9 Å². The van der Waals surface area contributed by atoms with E-state index in [4.69, 9.17) is 19.2 Å². The first-order chi connectivity index (χ1) is 25.1. The SMILES string of the molecule is COc1ccc(-c2csc(CN(C(=O)CN3C(=O)C(=O)c4ccccc43)C(C(=O)Nc3ccc(N(C)C)cc3)c3ccc(OC)c(OC)c3)n2)cc1. The Kier molecular flexibility index (Phi) is 10.5. The molecule has 13 heteroatoms. The summed E-state index contributed by atoms with van der Waals surface area (Å²) in [4.78, 5) is 64.5. The van der Waals surface area contributed by atoms with Crippen LogP contribution in [-0.2, 0) is 20.9 Å². The van der Waals surface area contributed by atoms with E-state index < -0.39 is 36.1 Å². The second kappa shape index (κ2) is 15.4. The second-order valence-electron chi connectivity index (χ2n) is 12.1. The molecule has 1 aliphatic rings. The van der Waals surface area contributed by atoms with Crippen molar-refractivity contribution in [3.63, 3.8) is 0 Å². The number of methoxy groups -OCH3 is 3. The third-order valence-corrected chi connectivity index (χ3v) is 9.50. The highest BCUT2D eigenvalue weighted by Gasteiger charge is 2.40. The predicted octanol–water partition coefficient (Wildman–Crippen LogP) is 5.84. The molecule has 1 aliphatic heterocycles. The molecule has 1 N–H and O–H groups in total. The van der Waals surface area contributed by atoms with Crippen molar-refractivity contribution in [2.24, 2.45) is 0 Å². The Hall–Kier alpha value is -6.21. The Labute approximate surface area is 305 Å². The van der Waals surface area contributed by atoms with Gasteiger partial charge in [-0.15, -0.1) is 11.3 Å². The zero-order chi connectivity index (χ0) is 36.9. The number of fused-ring (bicyclic) bond motifs is 1. The minimum atomic E-state index is -1.24. The molecule has 266 valence electrons. The first-order valence-electron chi connectivity index (χ1n) is 16.3. The average Bonchev–Trinajstić information content (AvgIpc) is 3.73. The van der Waals surface area contributed by atoms with Crippen molar-refractivity contribution in [2.45, 2.75) is 12.6 Å². The number of aromatic nitrogens is 1. The molecule has 0 saturated heterocycles. The predicted molar refractivity (Wildman–Crippen MR) is 199 cm³/mol. The second-order valence-corrected chi connectivity index (χ2v) is 13.0. The van der Waals surface area contributed by atoms with Crippen molar-refractivity contribution in [1.29, 1.82) is 0 Å². The van der Waals surface area contributed by atoms with Crippen LogP contribution in [0.1, 0.15) is 27.0 Å². The van der Waals surface area contributed by atoms with Crippen LogP contribution in [0.2, 0.25) is 0 Å². The van der Waals surface area contributed by atoms with Gasteiger partial charge in [0.1, 0.15) is 23.3 Å². The molecule has 1 aromatic heterocycles. The third-order valence-electron chi connectivity index (χ3n) is 8.67. The van der Waals surface area contributed by atoms with E-state index in [9.17, 15) is 19.2 Å². The van der Waals surface area contributed by atoms with E-state index in [2.05, 4.69) is 5.32 Å². The smallest absolute Gasteiger partial charge is 0.299 e. The molecule has 4 aromatic carbocycles. The molecule has 0 radical (unpaired) electrons. The van der Waals surface area contributed by atoms with Gasteiger partial charge in [0, 0.05) is 36.4 Å². The van der Waals surface area contributed by atoms with Crippen molar-refractivity contribution in [3.8, 4) is 28.5 Å². The number of benzene rings is 4. The first-order valence-corrected chi connectivity index (χ1v) is 17.1. The van der Waals surface area contributed by atoms with Gasteiger partial charge in [0.25, 0.3) is 17.6 Å². The minimum Gasteiger partial charge on any atom is -0.497 e. The molecule has 1 atom stereocenters. The minimum absolute atomic E-state index is 0.0940. The van der Waals surface area contributed by atoms with Crippen LogP contribution in [0.15, 0.2) is 96.4 Å². The number of carbonyl (C=O) groups is 4. The van der Waals surface area contributed by atoms with Crippen molar-refractivity contribution in [1.82, 2.24) is 9.88 Å². The molecule has 1 unspecified atom stereocenters. The molecule has 0 fully saturated rings. The number of ketones is 1. The van der Waals surface area contributed by atoms with E-state index in [-0.39, 0.29) is 12.1 Å². The van der Waals surface area contributed by atoms with Gasteiger partial charge in [0.2, 0.25) is 5.91 Å². The number of thiazole rings is 1. The fraction of sp³-hybridized carbons (Fsp3) is 0.205. The molecule has 0 bridgehead atoms. The zero-order valence-corrected chi connectivity index (χ0v) is 30.1. The number of ether oxygens (including phenoxy) is 3.